The number of ketones is 1. The molecule has 0 unspecified atom stereocenters. The summed E-state index contributed by atoms with van der Waals surface area (Å²) in [4.78, 5) is 14.4. The molecule has 0 N–H and O–H groups in total. The minimum absolute atomic E-state index is 0.257. The van der Waals surface area contributed by atoms with E-state index in [1.54, 1.807) is 0 Å². The molecule has 0 aromatic rings. The topological polar surface area (TPSA) is 20.3 Å². The molecular weight excluding hydrogens is 186 g/mol. The minimum Gasteiger partial charge on any atom is -0.298 e. The fourth-order valence-corrected chi connectivity index (χ4v) is 3.56. The number of hydrogen-bond donors (Lipinski definition) is 0. The van der Waals surface area contributed by atoms with Crippen LogP contribution in [0.15, 0.2) is 0 Å². The zero-order valence-electron chi connectivity index (χ0n) is 10.0. The third-order valence-electron chi connectivity index (χ3n) is 4.31. The number of likely N-dealkylation sites (N-methyl/N-ethyl adjacent to an activating group) is 1. The van der Waals surface area contributed by atoms with Crippen molar-refractivity contribution in [3.63, 3.8) is 0 Å². The molecule has 2 rings (SSSR count). The SMILES string of the molecule is CCC(=O)[C@@H]1C[C@@H]2CCCC[C@@H]2N1CC. The fourth-order valence-electron chi connectivity index (χ4n) is 3.56. The zero-order valence-corrected chi connectivity index (χ0v) is 10.0. The summed E-state index contributed by atoms with van der Waals surface area (Å²) < 4.78 is 0. The van der Waals surface area contributed by atoms with Gasteiger partial charge < -0.3 is 0 Å². The van der Waals surface area contributed by atoms with Crippen molar-refractivity contribution in [2.45, 2.75) is 64.5 Å². The molecule has 1 saturated heterocycles. The van der Waals surface area contributed by atoms with Gasteiger partial charge in [0.15, 0.2) is 0 Å². The van der Waals surface area contributed by atoms with Crippen LogP contribution in [0.3, 0.4) is 0 Å². The highest BCUT2D eigenvalue weighted by Gasteiger charge is 2.43. The van der Waals surface area contributed by atoms with Gasteiger partial charge in [-0.15, -0.1) is 0 Å². The van der Waals surface area contributed by atoms with Gasteiger partial charge in [-0.1, -0.05) is 26.7 Å². The van der Waals surface area contributed by atoms with Crippen LogP contribution >= 0.6 is 0 Å². The highest BCUT2D eigenvalue weighted by molar-refractivity contribution is 5.84. The van der Waals surface area contributed by atoms with Crippen LogP contribution in [-0.4, -0.2) is 29.3 Å². The van der Waals surface area contributed by atoms with Crippen molar-refractivity contribution in [3.05, 3.63) is 0 Å². The Balaban J connectivity index is 2.10. The summed E-state index contributed by atoms with van der Waals surface area (Å²) in [5, 5.41) is 0. The summed E-state index contributed by atoms with van der Waals surface area (Å²) in [6, 6.07) is 0.984. The van der Waals surface area contributed by atoms with Gasteiger partial charge in [0.25, 0.3) is 0 Å². The molecule has 2 heteroatoms. The molecule has 2 aliphatic rings. The molecule has 0 amide bonds. The Morgan fingerprint density at radius 2 is 2.00 bits per heavy atom. The van der Waals surface area contributed by atoms with Crippen LogP contribution in [0, 0.1) is 5.92 Å². The van der Waals surface area contributed by atoms with Crippen LogP contribution in [-0.2, 0) is 4.79 Å². The predicted molar refractivity (Wildman–Crippen MR) is 61.8 cm³/mol. The first-order valence-corrected chi connectivity index (χ1v) is 6.56. The molecule has 1 aliphatic carbocycles. The van der Waals surface area contributed by atoms with Gasteiger partial charge >= 0.3 is 0 Å². The number of carbonyl (C=O) groups excluding carboxylic acids is 1. The maximum Gasteiger partial charge on any atom is 0.149 e. The molecule has 1 aliphatic heterocycles. The van der Waals surface area contributed by atoms with Crippen LogP contribution in [0.25, 0.3) is 0 Å². The second-order valence-corrected chi connectivity index (χ2v) is 5.01. The van der Waals surface area contributed by atoms with Gasteiger partial charge in [0.2, 0.25) is 0 Å². The van der Waals surface area contributed by atoms with E-state index in [4.69, 9.17) is 0 Å². The Morgan fingerprint density at radius 1 is 1.27 bits per heavy atom. The van der Waals surface area contributed by atoms with E-state index in [0.717, 1.165) is 24.9 Å². The number of rotatable bonds is 3. The van der Waals surface area contributed by atoms with Gasteiger partial charge in [0, 0.05) is 12.5 Å². The summed E-state index contributed by atoms with van der Waals surface area (Å²) >= 11 is 0. The summed E-state index contributed by atoms with van der Waals surface area (Å²) in [6.45, 7) is 5.25. The Kier molecular flexibility index (Phi) is 3.45. The third-order valence-corrected chi connectivity index (χ3v) is 4.31. The van der Waals surface area contributed by atoms with Crippen molar-refractivity contribution in [3.8, 4) is 0 Å². The summed E-state index contributed by atoms with van der Waals surface area (Å²) in [5.74, 6) is 1.28. The minimum atomic E-state index is 0.257. The first kappa shape index (κ1) is 11.1. The quantitative estimate of drug-likeness (QED) is 0.712. The molecule has 3 atom stereocenters. The number of nitrogens with zero attached hydrogens (tertiary/aromatic N) is 1. The molecule has 86 valence electrons. The van der Waals surface area contributed by atoms with Crippen molar-refractivity contribution in [1.82, 2.24) is 4.90 Å². The monoisotopic (exact) mass is 209 g/mol. The molecule has 2 fully saturated rings. The third kappa shape index (κ3) is 1.96. The Bertz CT molecular complexity index is 239. The first-order valence-electron chi connectivity index (χ1n) is 6.56. The lowest BCUT2D eigenvalue weighted by Gasteiger charge is -2.32. The maximum atomic E-state index is 11.9. The van der Waals surface area contributed by atoms with Crippen LogP contribution in [0.5, 0.6) is 0 Å². The largest absolute Gasteiger partial charge is 0.298 e. The van der Waals surface area contributed by atoms with Crippen molar-refractivity contribution in [1.29, 1.82) is 0 Å². The lowest BCUT2D eigenvalue weighted by molar-refractivity contribution is -0.123. The van der Waals surface area contributed by atoms with Crippen molar-refractivity contribution >= 4 is 5.78 Å². The summed E-state index contributed by atoms with van der Waals surface area (Å²) in [7, 11) is 0. The second kappa shape index (κ2) is 4.65. The van der Waals surface area contributed by atoms with Gasteiger partial charge in [0.1, 0.15) is 5.78 Å². The second-order valence-electron chi connectivity index (χ2n) is 5.01. The number of hydrogen-bond acceptors (Lipinski definition) is 2. The van der Waals surface area contributed by atoms with Gasteiger partial charge in [-0.2, -0.15) is 0 Å². The lowest BCUT2D eigenvalue weighted by atomic mass is 9.84. The molecule has 0 spiro atoms. The smallest absolute Gasteiger partial charge is 0.149 e. The van der Waals surface area contributed by atoms with E-state index in [2.05, 4.69) is 11.8 Å². The highest BCUT2D eigenvalue weighted by Crippen LogP contribution is 2.39. The molecule has 15 heavy (non-hydrogen) atoms. The van der Waals surface area contributed by atoms with Crippen LogP contribution in [0.1, 0.15) is 52.4 Å². The molecular formula is C13H23NO. The Morgan fingerprint density at radius 3 is 2.67 bits per heavy atom. The first-order chi connectivity index (χ1) is 7.27. The van der Waals surface area contributed by atoms with Crippen LogP contribution < -0.4 is 0 Å². The van der Waals surface area contributed by atoms with E-state index >= 15 is 0 Å². The molecule has 0 radical (unpaired) electrons. The Labute approximate surface area is 93.0 Å². The van der Waals surface area contributed by atoms with E-state index in [9.17, 15) is 4.79 Å². The normalized spacial score (nSPS) is 36.5. The summed E-state index contributed by atoms with van der Waals surface area (Å²) in [6.07, 6.45) is 7.28. The lowest BCUT2D eigenvalue weighted by Crippen LogP contribution is -2.41. The molecule has 1 heterocycles. The van der Waals surface area contributed by atoms with Crippen molar-refractivity contribution in [2.75, 3.05) is 6.54 Å². The molecule has 0 aromatic heterocycles. The molecule has 1 saturated carbocycles. The van der Waals surface area contributed by atoms with E-state index in [1.807, 2.05) is 6.92 Å². The maximum absolute atomic E-state index is 11.9. The average molecular weight is 209 g/mol. The average Bonchev–Trinajstić information content (AvgIpc) is 2.66. The number of likely N-dealkylation sites (tertiary alicyclic amines) is 1. The van der Waals surface area contributed by atoms with E-state index in [1.165, 1.54) is 25.7 Å². The molecule has 0 aromatic carbocycles. The van der Waals surface area contributed by atoms with Crippen LogP contribution in [0.2, 0.25) is 0 Å². The fraction of sp³-hybridized carbons (Fsp3) is 0.923. The molecule has 0 bridgehead atoms. The molecule has 2 nitrogen and oxygen atoms in total. The van der Waals surface area contributed by atoms with E-state index in [-0.39, 0.29) is 6.04 Å². The van der Waals surface area contributed by atoms with Gasteiger partial charge in [0.05, 0.1) is 6.04 Å². The van der Waals surface area contributed by atoms with Gasteiger partial charge in [-0.05, 0) is 31.7 Å². The van der Waals surface area contributed by atoms with Crippen molar-refractivity contribution in [2.24, 2.45) is 5.92 Å². The Hall–Kier alpha value is -0.370. The van der Waals surface area contributed by atoms with Crippen LogP contribution in [0.4, 0.5) is 0 Å². The van der Waals surface area contributed by atoms with E-state index < -0.39 is 0 Å². The van der Waals surface area contributed by atoms with Crippen molar-refractivity contribution < 1.29 is 4.79 Å². The van der Waals surface area contributed by atoms with E-state index in [0.29, 0.717) is 12.2 Å². The standard InChI is InChI=1S/C13H23NO/c1-3-13(15)12-9-10-7-5-6-8-11(10)14(12)4-2/h10-12H,3-9H2,1-2H3/t10-,11-,12-/m0/s1. The van der Waals surface area contributed by atoms with Gasteiger partial charge in [-0.3, -0.25) is 9.69 Å². The zero-order chi connectivity index (χ0) is 10.8. The predicted octanol–water partition coefficient (Wildman–Crippen LogP) is 2.62. The number of carbonyl (C=O) groups is 1. The summed E-state index contributed by atoms with van der Waals surface area (Å²) in [5.41, 5.74) is 0. The highest BCUT2D eigenvalue weighted by atomic mass is 16.1. The number of fused-ring (bicyclic) bond motifs is 1. The number of Topliss-reactive ketones (excluding diaryl/α,β-unsaturated/α-hetero) is 1. The van der Waals surface area contributed by atoms with Gasteiger partial charge in [-0.25, -0.2) is 0 Å².